The summed E-state index contributed by atoms with van der Waals surface area (Å²) in [5, 5.41) is 13.5. The Kier molecular flexibility index (Phi) is 6.25. The van der Waals surface area contributed by atoms with Crippen molar-refractivity contribution in [1.29, 1.82) is 0 Å². The lowest BCUT2D eigenvalue weighted by molar-refractivity contribution is -0.143. The predicted molar refractivity (Wildman–Crippen MR) is 113 cm³/mol. The Hall–Kier alpha value is -2.66. The fourth-order valence-corrected chi connectivity index (χ4v) is 4.51. The molecule has 0 amide bonds. The van der Waals surface area contributed by atoms with Gasteiger partial charge in [0.2, 0.25) is 0 Å². The largest absolute Gasteiger partial charge is 0.481 e. The van der Waals surface area contributed by atoms with Crippen molar-refractivity contribution >= 4 is 12.2 Å². The maximum absolute atomic E-state index is 11.2. The topological polar surface area (TPSA) is 62.1 Å². The molecule has 4 rings (SSSR count). The maximum atomic E-state index is 11.2. The molecule has 2 aliphatic rings. The van der Waals surface area contributed by atoms with Crippen molar-refractivity contribution in [1.82, 2.24) is 4.90 Å². The van der Waals surface area contributed by atoms with Crippen LogP contribution < -0.4 is 0 Å². The molecule has 0 radical (unpaired) electrons. The van der Waals surface area contributed by atoms with Crippen LogP contribution in [-0.2, 0) is 22.5 Å². The van der Waals surface area contributed by atoms with Crippen molar-refractivity contribution in [3.05, 3.63) is 70.8 Å². The number of carbonyl (C=O) groups is 1. The first-order valence-electron chi connectivity index (χ1n) is 10.5. The summed E-state index contributed by atoms with van der Waals surface area (Å²) in [5.74, 6) is -0.859. The predicted octanol–water partition coefficient (Wildman–Crippen LogP) is 3.72. The Labute approximate surface area is 172 Å². The number of likely N-dealkylation sites (tertiary alicyclic amines) is 1. The third kappa shape index (κ3) is 4.67. The summed E-state index contributed by atoms with van der Waals surface area (Å²) in [7, 11) is 0. The van der Waals surface area contributed by atoms with Gasteiger partial charge in [-0.3, -0.25) is 9.69 Å². The first kappa shape index (κ1) is 19.6. The van der Waals surface area contributed by atoms with Gasteiger partial charge in [-0.1, -0.05) is 53.7 Å². The molecule has 0 spiro atoms. The zero-order chi connectivity index (χ0) is 20.1. The first-order chi connectivity index (χ1) is 14.2. The number of aliphatic carboxylic acids is 1. The van der Waals surface area contributed by atoms with Gasteiger partial charge in [0, 0.05) is 19.0 Å². The molecule has 0 saturated carbocycles. The molecule has 1 heterocycles. The molecular weight excluding hydrogens is 364 g/mol. The quantitative estimate of drug-likeness (QED) is 0.462. The van der Waals surface area contributed by atoms with Crippen LogP contribution in [-0.4, -0.2) is 48.4 Å². The molecule has 2 aromatic carbocycles. The SMILES string of the molecule is O=C(O)[C@@H]1CCCN(CCON=CC2c3ccccc3CCc3ccccc32)C1. The minimum absolute atomic E-state index is 0.0938. The number of aryl methyl sites for hydroxylation is 2. The molecule has 0 bridgehead atoms. The Bertz CT molecular complexity index is 832. The van der Waals surface area contributed by atoms with Gasteiger partial charge in [0.25, 0.3) is 0 Å². The second-order valence-corrected chi connectivity index (χ2v) is 7.94. The fraction of sp³-hybridized carbons (Fsp3) is 0.417. The van der Waals surface area contributed by atoms with Crippen LogP contribution >= 0.6 is 0 Å². The van der Waals surface area contributed by atoms with E-state index in [0.717, 1.165) is 32.2 Å². The first-order valence-corrected chi connectivity index (χ1v) is 10.5. The van der Waals surface area contributed by atoms with E-state index in [1.165, 1.54) is 22.3 Å². The van der Waals surface area contributed by atoms with Crippen molar-refractivity contribution in [3.63, 3.8) is 0 Å². The second kappa shape index (κ2) is 9.23. The molecule has 1 saturated heterocycles. The van der Waals surface area contributed by atoms with Crippen LogP contribution in [0.25, 0.3) is 0 Å². The average molecular weight is 392 g/mol. The van der Waals surface area contributed by atoms with Crippen LogP contribution in [0.1, 0.15) is 41.0 Å². The minimum atomic E-state index is -0.695. The van der Waals surface area contributed by atoms with Crippen LogP contribution in [0.2, 0.25) is 0 Å². The second-order valence-electron chi connectivity index (χ2n) is 7.94. The van der Waals surface area contributed by atoms with Gasteiger partial charge in [0.1, 0.15) is 6.61 Å². The number of rotatable bonds is 6. The van der Waals surface area contributed by atoms with Crippen molar-refractivity contribution in [2.75, 3.05) is 26.2 Å². The molecule has 29 heavy (non-hydrogen) atoms. The highest BCUT2D eigenvalue weighted by Crippen LogP contribution is 2.33. The maximum Gasteiger partial charge on any atom is 0.307 e. The number of benzene rings is 2. The molecule has 0 aromatic heterocycles. The third-order valence-electron chi connectivity index (χ3n) is 6.08. The monoisotopic (exact) mass is 392 g/mol. The van der Waals surface area contributed by atoms with Gasteiger partial charge in [0.15, 0.2) is 0 Å². The molecule has 5 nitrogen and oxygen atoms in total. The van der Waals surface area contributed by atoms with E-state index in [1.807, 2.05) is 6.21 Å². The van der Waals surface area contributed by atoms with E-state index in [4.69, 9.17) is 4.84 Å². The number of nitrogens with zero attached hydrogens (tertiary/aromatic N) is 2. The van der Waals surface area contributed by atoms with Gasteiger partial charge < -0.3 is 9.94 Å². The summed E-state index contributed by atoms with van der Waals surface area (Å²) >= 11 is 0. The van der Waals surface area contributed by atoms with E-state index in [2.05, 4.69) is 58.6 Å². The molecule has 1 fully saturated rings. The van der Waals surface area contributed by atoms with Gasteiger partial charge in [-0.25, -0.2) is 0 Å². The molecule has 2 aromatic rings. The van der Waals surface area contributed by atoms with Crippen molar-refractivity contribution in [2.24, 2.45) is 11.1 Å². The fourth-order valence-electron chi connectivity index (χ4n) is 4.51. The van der Waals surface area contributed by atoms with E-state index >= 15 is 0 Å². The Morgan fingerprint density at radius 3 is 2.41 bits per heavy atom. The van der Waals surface area contributed by atoms with Crippen LogP contribution in [0.4, 0.5) is 0 Å². The Balaban J connectivity index is 1.40. The molecule has 152 valence electrons. The summed E-state index contributed by atoms with van der Waals surface area (Å²) in [6, 6.07) is 17.2. The van der Waals surface area contributed by atoms with Crippen LogP contribution in [0.5, 0.6) is 0 Å². The highest BCUT2D eigenvalue weighted by Gasteiger charge is 2.25. The summed E-state index contributed by atoms with van der Waals surface area (Å²) < 4.78 is 0. The normalized spacial score (nSPS) is 20.1. The van der Waals surface area contributed by atoms with Gasteiger partial charge in [0.05, 0.1) is 12.1 Å². The van der Waals surface area contributed by atoms with Crippen LogP contribution in [0.15, 0.2) is 53.7 Å². The van der Waals surface area contributed by atoms with E-state index < -0.39 is 5.97 Å². The summed E-state index contributed by atoms with van der Waals surface area (Å²) in [5.41, 5.74) is 5.33. The molecule has 1 atom stereocenters. The zero-order valence-corrected chi connectivity index (χ0v) is 16.7. The van der Waals surface area contributed by atoms with Crippen LogP contribution in [0.3, 0.4) is 0 Å². The number of hydrogen-bond acceptors (Lipinski definition) is 4. The number of fused-ring (bicyclic) bond motifs is 2. The minimum Gasteiger partial charge on any atom is -0.481 e. The van der Waals surface area contributed by atoms with E-state index in [-0.39, 0.29) is 11.8 Å². The summed E-state index contributed by atoms with van der Waals surface area (Å²) in [6.45, 7) is 2.71. The lowest BCUT2D eigenvalue weighted by Crippen LogP contribution is -2.40. The Morgan fingerprint density at radius 1 is 1.10 bits per heavy atom. The van der Waals surface area contributed by atoms with Crippen molar-refractivity contribution < 1.29 is 14.7 Å². The molecule has 0 unspecified atom stereocenters. The number of oxime groups is 1. The van der Waals surface area contributed by atoms with Crippen molar-refractivity contribution in [2.45, 2.75) is 31.6 Å². The molecule has 1 aliphatic heterocycles. The van der Waals surface area contributed by atoms with Gasteiger partial charge in [-0.2, -0.15) is 0 Å². The van der Waals surface area contributed by atoms with Gasteiger partial charge in [-0.15, -0.1) is 0 Å². The van der Waals surface area contributed by atoms with E-state index in [0.29, 0.717) is 19.7 Å². The highest BCUT2D eigenvalue weighted by atomic mass is 16.6. The number of carboxylic acids is 1. The van der Waals surface area contributed by atoms with Gasteiger partial charge >= 0.3 is 5.97 Å². The Morgan fingerprint density at radius 2 is 1.76 bits per heavy atom. The smallest absolute Gasteiger partial charge is 0.307 e. The lowest BCUT2D eigenvalue weighted by atomic mass is 9.89. The van der Waals surface area contributed by atoms with E-state index in [9.17, 15) is 9.90 Å². The standard InChI is InChI=1S/C24H28N2O3/c27-24(28)20-8-5-13-26(17-20)14-15-29-25-16-23-21-9-3-1-6-18(21)11-12-19-7-2-4-10-22(19)23/h1-4,6-7,9-10,16,20,23H,5,8,11-15,17H2,(H,27,28)/t20-/m1/s1. The molecule has 1 aliphatic carbocycles. The molecular formula is C24H28N2O3. The molecule has 1 N–H and O–H groups in total. The van der Waals surface area contributed by atoms with Crippen molar-refractivity contribution in [3.8, 4) is 0 Å². The number of carboxylic acid groups (broad SMARTS) is 1. The summed E-state index contributed by atoms with van der Waals surface area (Å²) in [4.78, 5) is 18.9. The highest BCUT2D eigenvalue weighted by molar-refractivity contribution is 5.75. The number of hydrogen-bond donors (Lipinski definition) is 1. The third-order valence-corrected chi connectivity index (χ3v) is 6.08. The zero-order valence-electron chi connectivity index (χ0n) is 16.7. The van der Waals surface area contributed by atoms with E-state index in [1.54, 1.807) is 0 Å². The number of piperidine rings is 1. The average Bonchev–Trinajstić information content (AvgIpc) is 2.91. The summed E-state index contributed by atoms with van der Waals surface area (Å²) in [6.07, 6.45) is 5.69. The lowest BCUT2D eigenvalue weighted by Gasteiger charge is -2.29. The van der Waals surface area contributed by atoms with Gasteiger partial charge in [-0.05, 0) is 54.5 Å². The molecule has 5 heteroatoms. The van der Waals surface area contributed by atoms with Crippen LogP contribution in [0, 0.1) is 5.92 Å².